The van der Waals surface area contributed by atoms with E-state index in [1.54, 1.807) is 0 Å². The van der Waals surface area contributed by atoms with E-state index in [1.165, 1.54) is 31.4 Å². The Bertz CT molecular complexity index is 336. The average Bonchev–Trinajstić information content (AvgIpc) is 2.45. The molecule has 1 aromatic carbocycles. The fourth-order valence-electron chi connectivity index (χ4n) is 2.92. The van der Waals surface area contributed by atoms with Crippen LogP contribution in [-0.2, 0) is 6.42 Å². The Hall–Kier alpha value is -0.860. The third-order valence-electron chi connectivity index (χ3n) is 4.13. The topological polar surface area (TPSA) is 15.3 Å². The first kappa shape index (κ1) is 13.6. The molecule has 0 aliphatic carbocycles. The summed E-state index contributed by atoms with van der Waals surface area (Å²) >= 11 is 0. The Kier molecular flexibility index (Phi) is 5.21. The lowest BCUT2D eigenvalue weighted by atomic mass is 10.0. The van der Waals surface area contributed by atoms with Gasteiger partial charge in [-0.15, -0.1) is 0 Å². The van der Waals surface area contributed by atoms with Crippen LogP contribution in [0.15, 0.2) is 30.3 Å². The van der Waals surface area contributed by atoms with Gasteiger partial charge in [0.15, 0.2) is 0 Å². The highest BCUT2D eigenvalue weighted by molar-refractivity contribution is 5.14. The van der Waals surface area contributed by atoms with Gasteiger partial charge < -0.3 is 5.32 Å². The number of hydrogen-bond donors (Lipinski definition) is 1. The monoisotopic (exact) mass is 246 g/mol. The molecule has 1 aliphatic heterocycles. The molecule has 0 aromatic heterocycles. The number of hydrogen-bond acceptors (Lipinski definition) is 2. The number of nitrogens with zero attached hydrogens (tertiary/aromatic N) is 1. The molecule has 2 rings (SSSR count). The van der Waals surface area contributed by atoms with Crippen molar-refractivity contribution in [1.29, 1.82) is 0 Å². The second-order valence-electron chi connectivity index (χ2n) is 5.38. The van der Waals surface area contributed by atoms with Crippen molar-refractivity contribution in [2.24, 2.45) is 0 Å². The zero-order valence-electron chi connectivity index (χ0n) is 11.7. The summed E-state index contributed by atoms with van der Waals surface area (Å²) in [5, 5.41) is 3.50. The summed E-state index contributed by atoms with van der Waals surface area (Å²) in [5.41, 5.74) is 1.47. The fraction of sp³-hybridized carbons (Fsp3) is 0.625. The SMILES string of the molecule is CCC1CNCCN1C(C)CCc1ccccc1. The number of nitrogens with one attached hydrogen (secondary N) is 1. The lowest BCUT2D eigenvalue weighted by Crippen LogP contribution is -2.54. The van der Waals surface area contributed by atoms with Crippen LogP contribution in [0.25, 0.3) is 0 Å². The van der Waals surface area contributed by atoms with Crippen molar-refractivity contribution in [3.63, 3.8) is 0 Å². The predicted octanol–water partition coefficient (Wildman–Crippen LogP) is 2.69. The van der Waals surface area contributed by atoms with Gasteiger partial charge in [0, 0.05) is 31.7 Å². The average molecular weight is 246 g/mol. The molecule has 0 spiro atoms. The van der Waals surface area contributed by atoms with E-state index in [2.05, 4.69) is 54.4 Å². The van der Waals surface area contributed by atoms with E-state index in [1.807, 2.05) is 0 Å². The molecule has 0 bridgehead atoms. The van der Waals surface area contributed by atoms with E-state index in [-0.39, 0.29) is 0 Å². The van der Waals surface area contributed by atoms with Crippen LogP contribution in [0.3, 0.4) is 0 Å². The van der Waals surface area contributed by atoms with Gasteiger partial charge in [-0.05, 0) is 31.7 Å². The second-order valence-corrected chi connectivity index (χ2v) is 5.38. The molecule has 0 saturated carbocycles. The van der Waals surface area contributed by atoms with Crippen molar-refractivity contribution in [2.75, 3.05) is 19.6 Å². The minimum atomic E-state index is 0.692. The van der Waals surface area contributed by atoms with E-state index in [0.29, 0.717) is 6.04 Å². The zero-order valence-corrected chi connectivity index (χ0v) is 11.7. The smallest absolute Gasteiger partial charge is 0.0221 e. The first-order valence-corrected chi connectivity index (χ1v) is 7.31. The van der Waals surface area contributed by atoms with E-state index < -0.39 is 0 Å². The van der Waals surface area contributed by atoms with Gasteiger partial charge in [-0.3, -0.25) is 4.90 Å². The third kappa shape index (κ3) is 3.56. The Morgan fingerprint density at radius 3 is 2.83 bits per heavy atom. The molecule has 18 heavy (non-hydrogen) atoms. The Balaban J connectivity index is 1.85. The van der Waals surface area contributed by atoms with Crippen LogP contribution in [0.1, 0.15) is 32.3 Å². The molecule has 1 saturated heterocycles. The van der Waals surface area contributed by atoms with Gasteiger partial charge in [0.25, 0.3) is 0 Å². The van der Waals surface area contributed by atoms with Gasteiger partial charge in [0.1, 0.15) is 0 Å². The lowest BCUT2D eigenvalue weighted by Gasteiger charge is -2.40. The van der Waals surface area contributed by atoms with Crippen LogP contribution in [0.2, 0.25) is 0 Å². The van der Waals surface area contributed by atoms with Crippen LogP contribution in [-0.4, -0.2) is 36.6 Å². The van der Waals surface area contributed by atoms with Crippen LogP contribution >= 0.6 is 0 Å². The van der Waals surface area contributed by atoms with Gasteiger partial charge in [-0.25, -0.2) is 0 Å². The van der Waals surface area contributed by atoms with Crippen molar-refractivity contribution in [2.45, 2.75) is 45.2 Å². The zero-order chi connectivity index (χ0) is 12.8. The molecule has 2 heteroatoms. The van der Waals surface area contributed by atoms with Crippen molar-refractivity contribution in [3.8, 4) is 0 Å². The van der Waals surface area contributed by atoms with Crippen LogP contribution in [0.4, 0.5) is 0 Å². The van der Waals surface area contributed by atoms with E-state index in [4.69, 9.17) is 0 Å². The highest BCUT2D eigenvalue weighted by atomic mass is 15.2. The molecule has 0 amide bonds. The number of piperazine rings is 1. The molecular weight excluding hydrogens is 220 g/mol. The van der Waals surface area contributed by atoms with Gasteiger partial charge in [-0.1, -0.05) is 37.3 Å². The minimum absolute atomic E-state index is 0.692. The molecule has 1 fully saturated rings. The van der Waals surface area contributed by atoms with Gasteiger partial charge in [-0.2, -0.15) is 0 Å². The Morgan fingerprint density at radius 1 is 1.33 bits per heavy atom. The molecule has 2 unspecified atom stereocenters. The van der Waals surface area contributed by atoms with E-state index >= 15 is 0 Å². The Labute approximate surface area is 111 Å². The van der Waals surface area contributed by atoms with Crippen LogP contribution in [0, 0.1) is 0 Å². The molecule has 1 N–H and O–H groups in total. The summed E-state index contributed by atoms with van der Waals surface area (Å²) in [6, 6.07) is 12.3. The predicted molar refractivity (Wildman–Crippen MR) is 77.9 cm³/mol. The van der Waals surface area contributed by atoms with E-state index in [9.17, 15) is 0 Å². The fourth-order valence-corrected chi connectivity index (χ4v) is 2.92. The summed E-state index contributed by atoms with van der Waals surface area (Å²) in [7, 11) is 0. The minimum Gasteiger partial charge on any atom is -0.314 e. The van der Waals surface area contributed by atoms with Crippen molar-refractivity contribution >= 4 is 0 Å². The van der Waals surface area contributed by atoms with Crippen molar-refractivity contribution < 1.29 is 0 Å². The summed E-state index contributed by atoms with van der Waals surface area (Å²) in [5.74, 6) is 0. The number of aryl methyl sites for hydroxylation is 1. The van der Waals surface area contributed by atoms with Crippen LogP contribution < -0.4 is 5.32 Å². The maximum atomic E-state index is 3.50. The summed E-state index contributed by atoms with van der Waals surface area (Å²) in [6.07, 6.45) is 3.71. The van der Waals surface area contributed by atoms with Gasteiger partial charge in [0.2, 0.25) is 0 Å². The molecule has 1 aromatic rings. The second kappa shape index (κ2) is 6.91. The maximum Gasteiger partial charge on any atom is 0.0221 e. The Morgan fingerprint density at radius 2 is 2.11 bits per heavy atom. The standard InChI is InChI=1S/C16H26N2/c1-3-16-13-17-11-12-18(16)14(2)9-10-15-7-5-4-6-8-15/h4-8,14,16-17H,3,9-13H2,1-2H3. The molecule has 100 valence electrons. The maximum absolute atomic E-state index is 3.50. The van der Waals surface area contributed by atoms with Crippen molar-refractivity contribution in [3.05, 3.63) is 35.9 Å². The normalized spacial score (nSPS) is 22.9. The molecule has 1 aliphatic rings. The highest BCUT2D eigenvalue weighted by Gasteiger charge is 2.24. The molecule has 2 nitrogen and oxygen atoms in total. The number of rotatable bonds is 5. The summed E-state index contributed by atoms with van der Waals surface area (Å²) in [4.78, 5) is 2.69. The lowest BCUT2D eigenvalue weighted by molar-refractivity contribution is 0.107. The largest absolute Gasteiger partial charge is 0.314 e. The van der Waals surface area contributed by atoms with Gasteiger partial charge in [0.05, 0.1) is 0 Å². The van der Waals surface area contributed by atoms with E-state index in [0.717, 1.165) is 19.1 Å². The molecule has 0 radical (unpaired) electrons. The quantitative estimate of drug-likeness (QED) is 0.859. The van der Waals surface area contributed by atoms with Gasteiger partial charge >= 0.3 is 0 Å². The van der Waals surface area contributed by atoms with Crippen molar-refractivity contribution in [1.82, 2.24) is 10.2 Å². The first-order valence-electron chi connectivity index (χ1n) is 7.31. The summed E-state index contributed by atoms with van der Waals surface area (Å²) in [6.45, 7) is 8.19. The molecular formula is C16H26N2. The van der Waals surface area contributed by atoms with Crippen LogP contribution in [0.5, 0.6) is 0 Å². The molecule has 2 atom stereocenters. The number of benzene rings is 1. The highest BCUT2D eigenvalue weighted by Crippen LogP contribution is 2.16. The molecule has 1 heterocycles. The first-order chi connectivity index (χ1) is 8.81. The summed E-state index contributed by atoms with van der Waals surface area (Å²) < 4.78 is 0. The third-order valence-corrected chi connectivity index (χ3v) is 4.13.